The largest absolute Gasteiger partial charge is 0.490 e. The van der Waals surface area contributed by atoms with E-state index in [0.717, 1.165) is 0 Å². The Morgan fingerprint density at radius 2 is 2.05 bits per heavy atom. The third kappa shape index (κ3) is 4.38. The fourth-order valence-electron chi connectivity index (χ4n) is 1.61. The maximum absolute atomic E-state index is 12.2. The van der Waals surface area contributed by atoms with Gasteiger partial charge in [0.05, 0.1) is 12.7 Å². The molecule has 0 saturated heterocycles. The van der Waals surface area contributed by atoms with Crippen molar-refractivity contribution in [3.8, 4) is 17.6 Å². The molecule has 0 bridgehead atoms. The average molecular weight is 270 g/mol. The monoisotopic (exact) mass is 270 g/mol. The highest BCUT2D eigenvalue weighted by molar-refractivity contribution is 5.45. The van der Waals surface area contributed by atoms with Crippen molar-refractivity contribution >= 4 is 0 Å². The molecular weight excluding hydrogens is 254 g/mol. The fraction of sp³-hybridized carbons (Fsp3) is 0.462. The third-order valence-corrected chi connectivity index (χ3v) is 2.35. The number of rotatable bonds is 7. The van der Waals surface area contributed by atoms with Crippen molar-refractivity contribution < 1.29 is 18.3 Å². The highest BCUT2D eigenvalue weighted by atomic mass is 19.3. The van der Waals surface area contributed by atoms with Gasteiger partial charge in [-0.15, -0.1) is 0 Å². The van der Waals surface area contributed by atoms with Crippen molar-refractivity contribution in [2.45, 2.75) is 26.5 Å². The number of benzene rings is 1. The van der Waals surface area contributed by atoms with Gasteiger partial charge in [0.15, 0.2) is 11.5 Å². The molecule has 104 valence electrons. The van der Waals surface area contributed by atoms with Gasteiger partial charge in [-0.2, -0.15) is 14.0 Å². The van der Waals surface area contributed by atoms with Gasteiger partial charge in [0.1, 0.15) is 6.04 Å². The highest BCUT2D eigenvalue weighted by Crippen LogP contribution is 2.31. The van der Waals surface area contributed by atoms with Crippen LogP contribution in [0, 0.1) is 11.3 Å². The van der Waals surface area contributed by atoms with Crippen LogP contribution in [0.3, 0.4) is 0 Å². The summed E-state index contributed by atoms with van der Waals surface area (Å²) in [6.45, 7) is 1.65. The number of nitriles is 1. The zero-order chi connectivity index (χ0) is 14.3. The van der Waals surface area contributed by atoms with Gasteiger partial charge in [-0.05, 0) is 31.2 Å². The maximum Gasteiger partial charge on any atom is 0.387 e. The first-order chi connectivity index (χ1) is 9.12. The van der Waals surface area contributed by atoms with Gasteiger partial charge >= 0.3 is 6.61 Å². The van der Waals surface area contributed by atoms with E-state index in [1.807, 2.05) is 6.92 Å². The molecule has 1 aromatic rings. The third-order valence-electron chi connectivity index (χ3n) is 2.35. The van der Waals surface area contributed by atoms with E-state index in [4.69, 9.17) is 10.00 Å². The summed E-state index contributed by atoms with van der Waals surface area (Å²) in [4.78, 5) is 0. The minimum atomic E-state index is -2.91. The summed E-state index contributed by atoms with van der Waals surface area (Å²) in [6.07, 6.45) is 0. The van der Waals surface area contributed by atoms with Crippen molar-refractivity contribution in [3.63, 3.8) is 0 Å². The molecule has 6 heteroatoms. The molecule has 19 heavy (non-hydrogen) atoms. The van der Waals surface area contributed by atoms with Crippen LogP contribution in [0.25, 0.3) is 0 Å². The van der Waals surface area contributed by atoms with Gasteiger partial charge in [0, 0.05) is 0 Å². The van der Waals surface area contributed by atoms with E-state index >= 15 is 0 Å². The van der Waals surface area contributed by atoms with Gasteiger partial charge in [0.2, 0.25) is 0 Å². The summed E-state index contributed by atoms with van der Waals surface area (Å²) < 4.78 is 34.1. The zero-order valence-electron chi connectivity index (χ0n) is 10.8. The number of alkyl halides is 2. The highest BCUT2D eigenvalue weighted by Gasteiger charge is 2.15. The lowest BCUT2D eigenvalue weighted by atomic mass is 10.1. The molecule has 0 spiro atoms. The summed E-state index contributed by atoms with van der Waals surface area (Å²) in [6, 6.07) is 6.07. The lowest BCUT2D eigenvalue weighted by Gasteiger charge is -2.15. The van der Waals surface area contributed by atoms with E-state index in [1.54, 1.807) is 13.0 Å². The number of nitrogens with zero attached hydrogens (tertiary/aromatic N) is 1. The van der Waals surface area contributed by atoms with Crippen molar-refractivity contribution in [2.75, 3.05) is 13.2 Å². The molecule has 1 unspecified atom stereocenters. The molecule has 0 radical (unpaired) electrons. The van der Waals surface area contributed by atoms with Crippen LogP contribution in [0.15, 0.2) is 18.2 Å². The summed E-state index contributed by atoms with van der Waals surface area (Å²) in [5.41, 5.74) is 0.648. The van der Waals surface area contributed by atoms with Crippen LogP contribution in [-0.2, 0) is 0 Å². The second-order valence-corrected chi connectivity index (χ2v) is 3.64. The van der Waals surface area contributed by atoms with Gasteiger partial charge < -0.3 is 9.47 Å². The summed E-state index contributed by atoms with van der Waals surface area (Å²) in [7, 11) is 0. The Morgan fingerprint density at radius 1 is 1.32 bits per heavy atom. The predicted octanol–water partition coefficient (Wildman–Crippen LogP) is 2.86. The minimum Gasteiger partial charge on any atom is -0.490 e. The van der Waals surface area contributed by atoms with Crippen LogP contribution in [0.5, 0.6) is 11.5 Å². The Kier molecular flexibility index (Phi) is 6.03. The number of nitrogens with one attached hydrogen (secondary N) is 1. The fourth-order valence-corrected chi connectivity index (χ4v) is 1.61. The van der Waals surface area contributed by atoms with Crippen molar-refractivity contribution in [1.29, 1.82) is 5.26 Å². The van der Waals surface area contributed by atoms with Crippen LogP contribution in [-0.4, -0.2) is 19.8 Å². The molecule has 0 fully saturated rings. The van der Waals surface area contributed by atoms with Crippen molar-refractivity contribution in [2.24, 2.45) is 0 Å². The van der Waals surface area contributed by atoms with Crippen LogP contribution in [0.2, 0.25) is 0 Å². The predicted molar refractivity (Wildman–Crippen MR) is 66.3 cm³/mol. The lowest BCUT2D eigenvalue weighted by Crippen LogP contribution is -2.19. The molecule has 0 amide bonds. The first-order valence-corrected chi connectivity index (χ1v) is 5.96. The standard InChI is InChI=1S/C13H16F2N2O2/c1-3-17-10(8-16)9-5-6-11(19-13(14)15)12(7-9)18-4-2/h5-7,10,13,17H,3-4H2,1-2H3. The minimum absolute atomic E-state index is 0.0335. The summed E-state index contributed by atoms with van der Waals surface area (Å²) >= 11 is 0. The second-order valence-electron chi connectivity index (χ2n) is 3.64. The molecule has 0 aliphatic heterocycles. The van der Waals surface area contributed by atoms with Crippen LogP contribution >= 0.6 is 0 Å². The number of ether oxygens (including phenoxy) is 2. The van der Waals surface area contributed by atoms with E-state index in [0.29, 0.717) is 18.7 Å². The zero-order valence-corrected chi connectivity index (χ0v) is 10.8. The number of hydrogen-bond acceptors (Lipinski definition) is 4. The molecule has 1 N–H and O–H groups in total. The molecule has 0 saturated carbocycles. The van der Waals surface area contributed by atoms with Crippen LogP contribution < -0.4 is 14.8 Å². The molecule has 1 rings (SSSR count). The quantitative estimate of drug-likeness (QED) is 0.827. The lowest BCUT2D eigenvalue weighted by molar-refractivity contribution is -0.0514. The Morgan fingerprint density at radius 3 is 2.58 bits per heavy atom. The SMILES string of the molecule is CCNC(C#N)c1ccc(OC(F)F)c(OCC)c1. The maximum atomic E-state index is 12.2. The Balaban J connectivity index is 3.04. The summed E-state index contributed by atoms with van der Waals surface area (Å²) in [5.74, 6) is 0.173. The van der Waals surface area contributed by atoms with Gasteiger partial charge in [-0.1, -0.05) is 13.0 Å². The molecule has 1 aromatic carbocycles. The molecule has 0 aromatic heterocycles. The Labute approximate surface area is 110 Å². The van der Waals surface area contributed by atoms with E-state index < -0.39 is 12.7 Å². The summed E-state index contributed by atoms with van der Waals surface area (Å²) in [5, 5.41) is 12.0. The molecule has 4 nitrogen and oxygen atoms in total. The van der Waals surface area contributed by atoms with Gasteiger partial charge in [0.25, 0.3) is 0 Å². The topological polar surface area (TPSA) is 54.3 Å². The van der Waals surface area contributed by atoms with Crippen LogP contribution in [0.4, 0.5) is 8.78 Å². The van der Waals surface area contributed by atoms with E-state index in [1.165, 1.54) is 12.1 Å². The van der Waals surface area contributed by atoms with E-state index in [-0.39, 0.29) is 11.5 Å². The Hall–Kier alpha value is -1.87. The average Bonchev–Trinajstić information content (AvgIpc) is 2.38. The molecule has 0 aliphatic carbocycles. The van der Waals surface area contributed by atoms with Gasteiger partial charge in [-0.3, -0.25) is 5.32 Å². The van der Waals surface area contributed by atoms with Crippen molar-refractivity contribution in [3.05, 3.63) is 23.8 Å². The molecule has 0 heterocycles. The molecule has 0 aliphatic rings. The van der Waals surface area contributed by atoms with E-state index in [2.05, 4.69) is 16.1 Å². The second kappa shape index (κ2) is 7.54. The number of halogens is 2. The van der Waals surface area contributed by atoms with Crippen molar-refractivity contribution in [1.82, 2.24) is 5.32 Å². The van der Waals surface area contributed by atoms with Gasteiger partial charge in [-0.25, -0.2) is 0 Å². The first kappa shape index (κ1) is 15.2. The Bertz CT molecular complexity index is 447. The van der Waals surface area contributed by atoms with Crippen LogP contribution in [0.1, 0.15) is 25.5 Å². The molecular formula is C13H16F2N2O2. The first-order valence-electron chi connectivity index (χ1n) is 5.96. The molecule has 1 atom stereocenters. The number of hydrogen-bond donors (Lipinski definition) is 1. The normalized spacial score (nSPS) is 12.0. The van der Waals surface area contributed by atoms with E-state index in [9.17, 15) is 8.78 Å². The smallest absolute Gasteiger partial charge is 0.387 e.